The maximum atomic E-state index is 13.5. The summed E-state index contributed by atoms with van der Waals surface area (Å²) in [6.07, 6.45) is -3.22. The summed E-state index contributed by atoms with van der Waals surface area (Å²) < 4.78 is 70.1. The maximum Gasteiger partial charge on any atom is 0.362 e. The van der Waals surface area contributed by atoms with Crippen molar-refractivity contribution in [3.8, 4) is 10.6 Å². The summed E-state index contributed by atoms with van der Waals surface area (Å²) in [5, 5.41) is 1.78. The maximum absolute atomic E-state index is 13.5. The third-order valence-corrected chi connectivity index (χ3v) is 4.23. The van der Waals surface area contributed by atoms with Crippen LogP contribution >= 0.6 is 11.3 Å². The molecule has 0 N–H and O–H groups in total. The standard InChI is InChI=1S/C17H13F5N2O2S/c1-8-3-4-23-5-10(8)16-24-12(7-27-16)17(25)26-6-11(19)14(21)15(22)13(20)9(2)18/h3-7,14-15H,1-2H3/b11-6-,13-9-. The Morgan fingerprint density at radius 3 is 2.59 bits per heavy atom. The molecular formula is C17H13F5N2O2S. The number of halogens is 5. The van der Waals surface area contributed by atoms with Gasteiger partial charge in [-0.3, -0.25) is 4.98 Å². The monoisotopic (exact) mass is 404 g/mol. The molecule has 0 aliphatic carbocycles. The number of rotatable bonds is 6. The van der Waals surface area contributed by atoms with Gasteiger partial charge < -0.3 is 4.74 Å². The van der Waals surface area contributed by atoms with Crippen LogP contribution in [0, 0.1) is 6.92 Å². The van der Waals surface area contributed by atoms with Crippen LogP contribution in [0.25, 0.3) is 10.6 Å². The lowest BCUT2D eigenvalue weighted by Crippen LogP contribution is -2.19. The Morgan fingerprint density at radius 2 is 1.96 bits per heavy atom. The van der Waals surface area contributed by atoms with Gasteiger partial charge in [0.05, 0.1) is 0 Å². The largest absolute Gasteiger partial charge is 0.427 e. The topological polar surface area (TPSA) is 52.1 Å². The van der Waals surface area contributed by atoms with E-state index < -0.39 is 35.8 Å². The minimum atomic E-state index is -3.19. The molecule has 0 saturated carbocycles. The van der Waals surface area contributed by atoms with Gasteiger partial charge in [-0.2, -0.15) is 0 Å². The number of nitrogens with zero attached hydrogens (tertiary/aromatic N) is 2. The number of pyridine rings is 1. The van der Waals surface area contributed by atoms with Gasteiger partial charge in [0.2, 0.25) is 0 Å². The van der Waals surface area contributed by atoms with Crippen LogP contribution in [0.15, 0.2) is 47.6 Å². The number of allylic oxidation sites excluding steroid dienone is 3. The Bertz CT molecular complexity index is 893. The van der Waals surface area contributed by atoms with Crippen LogP contribution in [0.1, 0.15) is 23.0 Å². The number of thiazole rings is 1. The molecule has 2 unspecified atom stereocenters. The third kappa shape index (κ3) is 4.97. The van der Waals surface area contributed by atoms with Gasteiger partial charge in [0.15, 0.2) is 29.7 Å². The molecule has 2 atom stereocenters. The second-order valence-electron chi connectivity index (χ2n) is 5.32. The van der Waals surface area contributed by atoms with Gasteiger partial charge in [-0.1, -0.05) is 0 Å². The molecule has 27 heavy (non-hydrogen) atoms. The number of hydrogen-bond acceptors (Lipinski definition) is 5. The highest BCUT2D eigenvalue weighted by Crippen LogP contribution is 2.27. The minimum absolute atomic E-state index is 0.00519. The number of ether oxygens (including phenoxy) is 1. The lowest BCUT2D eigenvalue weighted by molar-refractivity contribution is 0.0641. The molecule has 0 aliphatic heterocycles. The van der Waals surface area contributed by atoms with Gasteiger partial charge in [-0.15, -0.1) is 11.3 Å². The van der Waals surface area contributed by atoms with Crippen molar-refractivity contribution in [2.24, 2.45) is 0 Å². The highest BCUT2D eigenvalue weighted by molar-refractivity contribution is 7.13. The number of aryl methyl sites for hydroxylation is 1. The molecule has 2 rings (SSSR count). The zero-order valence-corrected chi connectivity index (χ0v) is 14.9. The van der Waals surface area contributed by atoms with Gasteiger partial charge >= 0.3 is 5.97 Å². The second kappa shape index (κ2) is 8.85. The highest BCUT2D eigenvalue weighted by Gasteiger charge is 2.31. The van der Waals surface area contributed by atoms with E-state index in [-0.39, 0.29) is 12.0 Å². The summed E-state index contributed by atoms with van der Waals surface area (Å²) in [5.41, 5.74) is 1.34. The number of hydrogen-bond donors (Lipinski definition) is 0. The van der Waals surface area contributed by atoms with Crippen LogP contribution in [0.4, 0.5) is 22.0 Å². The molecule has 0 fully saturated rings. The van der Waals surface area contributed by atoms with E-state index in [4.69, 9.17) is 0 Å². The van der Waals surface area contributed by atoms with E-state index in [1.54, 1.807) is 18.5 Å². The summed E-state index contributed by atoms with van der Waals surface area (Å²) in [7, 11) is 0. The molecule has 4 nitrogen and oxygen atoms in total. The van der Waals surface area contributed by atoms with Gasteiger partial charge in [0.25, 0.3) is 0 Å². The van der Waals surface area contributed by atoms with E-state index in [2.05, 4.69) is 14.7 Å². The molecule has 0 aliphatic rings. The molecule has 10 heteroatoms. The molecule has 144 valence electrons. The molecule has 0 aromatic carbocycles. The fourth-order valence-electron chi connectivity index (χ4n) is 1.87. The normalized spacial score (nSPS) is 15.1. The summed E-state index contributed by atoms with van der Waals surface area (Å²) in [6.45, 7) is 2.37. The fourth-order valence-corrected chi connectivity index (χ4v) is 2.74. The van der Waals surface area contributed by atoms with Crippen LogP contribution in [0.3, 0.4) is 0 Å². The Morgan fingerprint density at radius 1 is 1.26 bits per heavy atom. The average Bonchev–Trinajstić information content (AvgIpc) is 3.14. The lowest BCUT2D eigenvalue weighted by atomic mass is 10.2. The molecule has 0 radical (unpaired) electrons. The van der Waals surface area contributed by atoms with Crippen LogP contribution in [0.2, 0.25) is 0 Å². The number of carbonyl (C=O) groups excluding carboxylic acids is 1. The first kappa shape index (κ1) is 20.7. The highest BCUT2D eigenvalue weighted by atomic mass is 32.1. The first-order chi connectivity index (χ1) is 12.7. The van der Waals surface area contributed by atoms with Crippen molar-refractivity contribution in [1.29, 1.82) is 0 Å². The Labute approximate surface area is 155 Å². The van der Waals surface area contributed by atoms with Gasteiger partial charge in [-0.05, 0) is 25.5 Å². The van der Waals surface area contributed by atoms with E-state index in [1.165, 1.54) is 5.38 Å². The molecule has 0 saturated heterocycles. The quantitative estimate of drug-likeness (QED) is 0.371. The molecule has 2 aromatic heterocycles. The molecule has 0 amide bonds. The predicted octanol–water partition coefficient (Wildman–Crippen LogP) is 5.33. The van der Waals surface area contributed by atoms with Gasteiger partial charge in [-0.25, -0.2) is 31.7 Å². The van der Waals surface area contributed by atoms with E-state index in [0.29, 0.717) is 17.5 Å². The summed E-state index contributed by atoms with van der Waals surface area (Å²) >= 11 is 1.10. The van der Waals surface area contributed by atoms with Crippen molar-refractivity contribution in [1.82, 2.24) is 9.97 Å². The van der Waals surface area contributed by atoms with E-state index >= 15 is 0 Å². The molecule has 0 spiro atoms. The van der Waals surface area contributed by atoms with Crippen molar-refractivity contribution < 1.29 is 31.5 Å². The van der Waals surface area contributed by atoms with E-state index in [9.17, 15) is 26.7 Å². The third-order valence-electron chi connectivity index (χ3n) is 3.35. The van der Waals surface area contributed by atoms with Crippen molar-refractivity contribution in [2.75, 3.05) is 0 Å². The van der Waals surface area contributed by atoms with Crippen LogP contribution in [-0.4, -0.2) is 28.3 Å². The smallest absolute Gasteiger partial charge is 0.362 e. The average molecular weight is 404 g/mol. The Kier molecular flexibility index (Phi) is 6.78. The van der Waals surface area contributed by atoms with Crippen molar-refractivity contribution in [2.45, 2.75) is 26.2 Å². The first-order valence-corrected chi connectivity index (χ1v) is 8.33. The van der Waals surface area contributed by atoms with Crippen molar-refractivity contribution in [3.05, 3.63) is 58.8 Å². The van der Waals surface area contributed by atoms with Crippen LogP contribution in [0.5, 0.6) is 0 Å². The van der Waals surface area contributed by atoms with Gasteiger partial charge in [0, 0.05) is 23.3 Å². The number of aromatic nitrogens is 2. The van der Waals surface area contributed by atoms with E-state index in [0.717, 1.165) is 16.9 Å². The van der Waals surface area contributed by atoms with Crippen molar-refractivity contribution in [3.63, 3.8) is 0 Å². The Balaban J connectivity index is 2.08. The van der Waals surface area contributed by atoms with E-state index in [1.807, 2.05) is 6.92 Å². The predicted molar refractivity (Wildman–Crippen MR) is 89.4 cm³/mol. The summed E-state index contributed by atoms with van der Waals surface area (Å²) in [6, 6.07) is 1.74. The number of carbonyl (C=O) groups is 1. The lowest BCUT2D eigenvalue weighted by Gasteiger charge is -2.10. The first-order valence-electron chi connectivity index (χ1n) is 7.45. The summed E-state index contributed by atoms with van der Waals surface area (Å²) in [4.78, 5) is 19.8. The molecule has 2 aromatic rings. The van der Waals surface area contributed by atoms with Crippen molar-refractivity contribution >= 4 is 17.3 Å². The van der Waals surface area contributed by atoms with Crippen LogP contribution in [-0.2, 0) is 4.74 Å². The minimum Gasteiger partial charge on any atom is -0.427 e. The zero-order valence-electron chi connectivity index (χ0n) is 14.1. The summed E-state index contributed by atoms with van der Waals surface area (Å²) in [5.74, 6) is -6.73. The molecule has 2 heterocycles. The fraction of sp³-hybridized carbons (Fsp3) is 0.235. The number of alkyl halides is 2. The second-order valence-corrected chi connectivity index (χ2v) is 6.18. The molecule has 0 bridgehead atoms. The molecular weight excluding hydrogens is 391 g/mol. The van der Waals surface area contributed by atoms with Crippen LogP contribution < -0.4 is 0 Å². The Hall–Kier alpha value is -2.62. The van der Waals surface area contributed by atoms with Gasteiger partial charge in [0.1, 0.15) is 17.1 Å². The zero-order chi connectivity index (χ0) is 20.1. The SMILES string of the molecule is C/C(F)=C(/F)C(F)C(F)/C(F)=C/OC(=O)c1csc(-c2cnccc2C)n1. The number of esters is 1.